The van der Waals surface area contributed by atoms with Crippen LogP contribution in [0, 0.1) is 0 Å². The zero-order chi connectivity index (χ0) is 11.8. The molecule has 0 aliphatic heterocycles. The summed E-state index contributed by atoms with van der Waals surface area (Å²) < 4.78 is 1.80. The second kappa shape index (κ2) is 7.00. The Bertz CT molecular complexity index is 297. The monoisotopic (exact) mass is 224 g/mol. The van der Waals surface area contributed by atoms with Crippen molar-refractivity contribution in [1.82, 2.24) is 20.4 Å². The molecule has 0 saturated carbocycles. The van der Waals surface area contributed by atoms with Crippen LogP contribution in [0.25, 0.3) is 0 Å². The van der Waals surface area contributed by atoms with Gasteiger partial charge in [0.25, 0.3) is 0 Å². The molecule has 1 heterocycles. The average molecular weight is 224 g/mol. The smallest absolute Gasteiger partial charge is 0.221 e. The largest absolute Gasteiger partial charge is 0.354 e. The lowest BCUT2D eigenvalue weighted by molar-refractivity contribution is -0.121. The highest BCUT2D eigenvalue weighted by Gasteiger charge is 2.06. The van der Waals surface area contributed by atoms with Gasteiger partial charge < -0.3 is 10.6 Å². The number of rotatable bonds is 7. The summed E-state index contributed by atoms with van der Waals surface area (Å²) in [5, 5.41) is 10.1. The van der Waals surface area contributed by atoms with E-state index in [0.717, 1.165) is 6.54 Å². The standard InChI is InChI=1S/C11H20N4O/c1-3-12-10(2)9-11(16)13-6-8-15-7-4-5-14-15/h4-5,7,10,12H,3,6,8-9H2,1-2H3,(H,13,16). The summed E-state index contributed by atoms with van der Waals surface area (Å²) in [5.41, 5.74) is 0. The van der Waals surface area contributed by atoms with Gasteiger partial charge in [0.05, 0.1) is 6.54 Å². The number of carbonyl (C=O) groups excluding carboxylic acids is 1. The van der Waals surface area contributed by atoms with E-state index in [4.69, 9.17) is 0 Å². The highest BCUT2D eigenvalue weighted by atomic mass is 16.1. The van der Waals surface area contributed by atoms with Crippen LogP contribution in [0.2, 0.25) is 0 Å². The second-order valence-corrected chi connectivity index (χ2v) is 3.78. The molecule has 0 fully saturated rings. The van der Waals surface area contributed by atoms with Gasteiger partial charge in [0.15, 0.2) is 0 Å². The maximum Gasteiger partial charge on any atom is 0.221 e. The molecule has 1 aromatic rings. The van der Waals surface area contributed by atoms with Crippen LogP contribution in [0.4, 0.5) is 0 Å². The zero-order valence-corrected chi connectivity index (χ0v) is 9.94. The van der Waals surface area contributed by atoms with E-state index in [2.05, 4.69) is 15.7 Å². The van der Waals surface area contributed by atoms with E-state index in [1.54, 1.807) is 10.9 Å². The summed E-state index contributed by atoms with van der Waals surface area (Å²) in [6, 6.07) is 2.10. The van der Waals surface area contributed by atoms with Crippen LogP contribution < -0.4 is 10.6 Å². The Morgan fingerprint density at radius 3 is 3.00 bits per heavy atom. The number of aromatic nitrogens is 2. The maximum absolute atomic E-state index is 11.5. The molecule has 90 valence electrons. The first-order valence-corrected chi connectivity index (χ1v) is 5.70. The predicted molar refractivity (Wildman–Crippen MR) is 63.0 cm³/mol. The van der Waals surface area contributed by atoms with Crippen molar-refractivity contribution in [3.05, 3.63) is 18.5 Å². The fourth-order valence-corrected chi connectivity index (χ4v) is 1.51. The average Bonchev–Trinajstić information content (AvgIpc) is 2.70. The normalized spacial score (nSPS) is 12.4. The van der Waals surface area contributed by atoms with Crippen LogP contribution in [0.5, 0.6) is 0 Å². The van der Waals surface area contributed by atoms with Gasteiger partial charge in [0.1, 0.15) is 0 Å². The third-order valence-electron chi connectivity index (χ3n) is 2.27. The summed E-state index contributed by atoms with van der Waals surface area (Å²) in [7, 11) is 0. The van der Waals surface area contributed by atoms with Crippen LogP contribution in [-0.4, -0.2) is 34.8 Å². The Labute approximate surface area is 96.2 Å². The number of nitrogens with one attached hydrogen (secondary N) is 2. The molecule has 0 saturated heterocycles. The van der Waals surface area contributed by atoms with Crippen LogP contribution in [0.15, 0.2) is 18.5 Å². The van der Waals surface area contributed by atoms with Crippen molar-refractivity contribution in [2.75, 3.05) is 13.1 Å². The summed E-state index contributed by atoms with van der Waals surface area (Å²) in [5.74, 6) is 0.0839. The first-order valence-electron chi connectivity index (χ1n) is 5.70. The quantitative estimate of drug-likeness (QED) is 0.704. The van der Waals surface area contributed by atoms with Crippen molar-refractivity contribution in [2.45, 2.75) is 32.9 Å². The third kappa shape index (κ3) is 4.93. The molecule has 1 aromatic heterocycles. The first kappa shape index (κ1) is 12.7. The topological polar surface area (TPSA) is 59.0 Å². The van der Waals surface area contributed by atoms with E-state index in [-0.39, 0.29) is 11.9 Å². The lowest BCUT2D eigenvalue weighted by atomic mass is 10.2. The molecule has 0 bridgehead atoms. The van der Waals surface area contributed by atoms with E-state index in [1.165, 1.54) is 0 Å². The van der Waals surface area contributed by atoms with Crippen LogP contribution in [0.1, 0.15) is 20.3 Å². The van der Waals surface area contributed by atoms with Gasteiger partial charge in [-0.15, -0.1) is 0 Å². The lowest BCUT2D eigenvalue weighted by Crippen LogP contribution is -2.34. The molecule has 0 aromatic carbocycles. The summed E-state index contributed by atoms with van der Waals surface area (Å²) in [6.07, 6.45) is 4.13. The Kier molecular flexibility index (Phi) is 5.56. The van der Waals surface area contributed by atoms with Crippen molar-refractivity contribution in [3.8, 4) is 0 Å². The van der Waals surface area contributed by atoms with Gasteiger partial charge in [-0.3, -0.25) is 9.48 Å². The van der Waals surface area contributed by atoms with E-state index < -0.39 is 0 Å². The van der Waals surface area contributed by atoms with Gasteiger partial charge in [-0.25, -0.2) is 0 Å². The maximum atomic E-state index is 11.5. The van der Waals surface area contributed by atoms with Gasteiger partial charge in [-0.05, 0) is 19.5 Å². The van der Waals surface area contributed by atoms with E-state index >= 15 is 0 Å². The second-order valence-electron chi connectivity index (χ2n) is 3.78. The van der Waals surface area contributed by atoms with Gasteiger partial charge in [-0.2, -0.15) is 5.10 Å². The van der Waals surface area contributed by atoms with E-state index in [0.29, 0.717) is 19.5 Å². The molecule has 0 radical (unpaired) electrons. The molecule has 1 atom stereocenters. The highest BCUT2D eigenvalue weighted by Crippen LogP contribution is 1.90. The Balaban J connectivity index is 2.10. The van der Waals surface area contributed by atoms with Crippen molar-refractivity contribution in [1.29, 1.82) is 0 Å². The molecular formula is C11H20N4O. The summed E-state index contributed by atoms with van der Waals surface area (Å²) in [4.78, 5) is 11.5. The minimum Gasteiger partial charge on any atom is -0.354 e. The fraction of sp³-hybridized carbons (Fsp3) is 0.636. The van der Waals surface area contributed by atoms with Gasteiger partial charge >= 0.3 is 0 Å². The van der Waals surface area contributed by atoms with Crippen molar-refractivity contribution < 1.29 is 4.79 Å². The molecule has 2 N–H and O–H groups in total. The molecule has 1 amide bonds. The molecule has 16 heavy (non-hydrogen) atoms. The number of amides is 1. The zero-order valence-electron chi connectivity index (χ0n) is 9.94. The molecule has 0 aliphatic carbocycles. The summed E-state index contributed by atoms with van der Waals surface area (Å²) >= 11 is 0. The highest BCUT2D eigenvalue weighted by molar-refractivity contribution is 5.76. The van der Waals surface area contributed by atoms with Gasteiger partial charge in [-0.1, -0.05) is 6.92 Å². The minimum absolute atomic E-state index is 0.0839. The number of nitrogens with zero attached hydrogens (tertiary/aromatic N) is 2. The first-order chi connectivity index (χ1) is 7.72. The number of hydrogen-bond donors (Lipinski definition) is 2. The molecule has 5 heteroatoms. The number of carbonyl (C=O) groups is 1. The summed E-state index contributed by atoms with van der Waals surface area (Å²) in [6.45, 7) is 6.28. The predicted octanol–water partition coefficient (Wildman–Crippen LogP) is 0.387. The molecule has 0 spiro atoms. The third-order valence-corrected chi connectivity index (χ3v) is 2.27. The number of hydrogen-bond acceptors (Lipinski definition) is 3. The Morgan fingerprint density at radius 2 is 2.38 bits per heavy atom. The SMILES string of the molecule is CCNC(C)CC(=O)NCCn1cccn1. The fourth-order valence-electron chi connectivity index (χ4n) is 1.51. The van der Waals surface area contributed by atoms with Crippen LogP contribution >= 0.6 is 0 Å². The van der Waals surface area contributed by atoms with Crippen molar-refractivity contribution >= 4 is 5.91 Å². The lowest BCUT2D eigenvalue weighted by Gasteiger charge is -2.12. The molecule has 5 nitrogen and oxygen atoms in total. The Morgan fingerprint density at radius 1 is 1.56 bits per heavy atom. The molecule has 1 rings (SSSR count). The van der Waals surface area contributed by atoms with Crippen LogP contribution in [0.3, 0.4) is 0 Å². The van der Waals surface area contributed by atoms with Crippen molar-refractivity contribution in [2.24, 2.45) is 0 Å². The van der Waals surface area contributed by atoms with Crippen molar-refractivity contribution in [3.63, 3.8) is 0 Å². The molecular weight excluding hydrogens is 204 g/mol. The van der Waals surface area contributed by atoms with E-state index in [9.17, 15) is 4.79 Å². The molecule has 0 aliphatic rings. The van der Waals surface area contributed by atoms with Gasteiger partial charge in [0, 0.05) is 31.4 Å². The Hall–Kier alpha value is -1.36. The van der Waals surface area contributed by atoms with Crippen LogP contribution in [-0.2, 0) is 11.3 Å². The molecule has 1 unspecified atom stereocenters. The van der Waals surface area contributed by atoms with Gasteiger partial charge in [0.2, 0.25) is 5.91 Å². The van der Waals surface area contributed by atoms with E-state index in [1.807, 2.05) is 26.1 Å². The minimum atomic E-state index is 0.0839.